The summed E-state index contributed by atoms with van der Waals surface area (Å²) in [5.41, 5.74) is 2.34. The van der Waals surface area contributed by atoms with Crippen LogP contribution in [0.3, 0.4) is 0 Å². The minimum atomic E-state index is 0.0502. The Morgan fingerprint density at radius 1 is 1.28 bits per heavy atom. The Labute approximate surface area is 153 Å². The van der Waals surface area contributed by atoms with Crippen molar-refractivity contribution in [1.82, 2.24) is 14.5 Å². The van der Waals surface area contributed by atoms with Crippen molar-refractivity contribution in [2.75, 3.05) is 19.5 Å². The lowest BCUT2D eigenvalue weighted by atomic mass is 9.99. The van der Waals surface area contributed by atoms with Gasteiger partial charge >= 0.3 is 0 Å². The van der Waals surface area contributed by atoms with E-state index in [2.05, 4.69) is 51.8 Å². The number of fused-ring (bicyclic) bond motifs is 1. The molecular weight excluding hydrogens is 332 g/mol. The number of ether oxygens (including phenoxy) is 1. The summed E-state index contributed by atoms with van der Waals surface area (Å²) in [6.45, 7) is 3.84. The maximum atomic E-state index is 5.29. The Morgan fingerprint density at radius 3 is 2.96 bits per heavy atom. The van der Waals surface area contributed by atoms with Crippen LogP contribution in [0.4, 0.5) is 0 Å². The van der Waals surface area contributed by atoms with E-state index in [0.29, 0.717) is 12.6 Å². The second kappa shape index (κ2) is 7.22. The summed E-state index contributed by atoms with van der Waals surface area (Å²) in [7, 11) is 1.75. The molecule has 0 saturated carbocycles. The van der Waals surface area contributed by atoms with Crippen LogP contribution in [0.5, 0.6) is 0 Å². The summed E-state index contributed by atoms with van der Waals surface area (Å²) in [5, 5.41) is 1.17. The average Bonchev–Trinajstić information content (AvgIpc) is 3.35. The van der Waals surface area contributed by atoms with Gasteiger partial charge in [0.1, 0.15) is 6.04 Å². The standard InChI is InChI=1S/C19H24N4OS/c1-3-14-13-25-19-21-17(15-7-4-5-9-20-15)18(23(14)19)16-8-6-10-22(16)11-12-24-2/h4-10,14,17-18H,3,11-13H2,1-2H3/t14-,17+,18+/m0/s1. The first-order valence-corrected chi connectivity index (χ1v) is 9.86. The second-order valence-corrected chi connectivity index (χ2v) is 7.44. The molecule has 0 aliphatic carbocycles. The van der Waals surface area contributed by atoms with E-state index in [1.54, 1.807) is 7.11 Å². The highest BCUT2D eigenvalue weighted by Crippen LogP contribution is 2.48. The molecule has 1 saturated heterocycles. The molecule has 2 aromatic rings. The Hall–Kier alpha value is -1.79. The van der Waals surface area contributed by atoms with Crippen molar-refractivity contribution in [2.24, 2.45) is 4.99 Å². The number of amidine groups is 1. The molecule has 0 unspecified atom stereocenters. The number of aliphatic imine (C=N–C) groups is 1. The van der Waals surface area contributed by atoms with Crippen LogP contribution >= 0.6 is 11.8 Å². The van der Waals surface area contributed by atoms with Crippen molar-refractivity contribution in [3.05, 3.63) is 54.1 Å². The van der Waals surface area contributed by atoms with E-state index < -0.39 is 0 Å². The number of pyridine rings is 1. The molecule has 0 radical (unpaired) electrons. The van der Waals surface area contributed by atoms with Crippen LogP contribution in [-0.4, -0.2) is 45.1 Å². The molecule has 6 heteroatoms. The molecule has 0 aromatic carbocycles. The van der Waals surface area contributed by atoms with Crippen molar-refractivity contribution in [1.29, 1.82) is 0 Å². The van der Waals surface area contributed by atoms with Crippen LogP contribution in [-0.2, 0) is 11.3 Å². The smallest absolute Gasteiger partial charge is 0.160 e. The fourth-order valence-electron chi connectivity index (χ4n) is 3.76. The number of thioether (sulfide) groups is 1. The van der Waals surface area contributed by atoms with Gasteiger partial charge in [0.05, 0.1) is 18.3 Å². The molecule has 3 atom stereocenters. The van der Waals surface area contributed by atoms with Crippen LogP contribution in [0, 0.1) is 0 Å². The SMILES string of the molecule is CC[C@H]1CSC2=N[C@H](c3ccccn3)[C@@H](c3cccn3CCOC)N21. The zero-order chi connectivity index (χ0) is 17.2. The zero-order valence-corrected chi connectivity index (χ0v) is 15.5. The van der Waals surface area contributed by atoms with E-state index in [1.807, 2.05) is 24.0 Å². The molecule has 132 valence electrons. The summed E-state index contributed by atoms with van der Waals surface area (Å²) in [6, 6.07) is 11.3. The van der Waals surface area contributed by atoms with Gasteiger partial charge in [-0.05, 0) is 30.7 Å². The average molecular weight is 356 g/mol. The molecule has 2 aliphatic heterocycles. The minimum absolute atomic E-state index is 0.0502. The molecule has 4 rings (SSSR count). The predicted octanol–water partition coefficient (Wildman–Crippen LogP) is 3.51. The maximum Gasteiger partial charge on any atom is 0.160 e. The number of aromatic nitrogens is 2. The van der Waals surface area contributed by atoms with Gasteiger partial charge < -0.3 is 14.2 Å². The number of rotatable bonds is 6. The lowest BCUT2D eigenvalue weighted by Gasteiger charge is -2.32. The lowest BCUT2D eigenvalue weighted by molar-refractivity contribution is 0.182. The number of hydrogen-bond donors (Lipinski definition) is 0. The van der Waals surface area contributed by atoms with E-state index in [4.69, 9.17) is 9.73 Å². The third-order valence-electron chi connectivity index (χ3n) is 5.03. The van der Waals surface area contributed by atoms with Crippen molar-refractivity contribution in [3.63, 3.8) is 0 Å². The Bertz CT molecular complexity index is 745. The molecular formula is C19H24N4OS. The molecule has 1 fully saturated rings. The predicted molar refractivity (Wildman–Crippen MR) is 102 cm³/mol. The molecule has 0 N–H and O–H groups in total. The number of nitrogens with zero attached hydrogens (tertiary/aromatic N) is 4. The summed E-state index contributed by atoms with van der Waals surface area (Å²) < 4.78 is 7.60. The normalized spacial score (nSPS) is 25.3. The first-order valence-electron chi connectivity index (χ1n) is 8.87. The van der Waals surface area contributed by atoms with Gasteiger partial charge in [-0.1, -0.05) is 24.8 Å². The van der Waals surface area contributed by atoms with Crippen molar-refractivity contribution >= 4 is 16.9 Å². The van der Waals surface area contributed by atoms with Gasteiger partial charge in [-0.3, -0.25) is 9.98 Å². The van der Waals surface area contributed by atoms with Gasteiger partial charge in [-0.2, -0.15) is 0 Å². The van der Waals surface area contributed by atoms with Crippen LogP contribution in [0.1, 0.15) is 36.8 Å². The highest BCUT2D eigenvalue weighted by atomic mass is 32.2. The van der Waals surface area contributed by atoms with Crippen LogP contribution in [0.25, 0.3) is 0 Å². The van der Waals surface area contributed by atoms with Crippen molar-refractivity contribution in [3.8, 4) is 0 Å². The molecule has 0 bridgehead atoms. The quantitative estimate of drug-likeness (QED) is 0.794. The molecule has 2 aromatic heterocycles. The zero-order valence-electron chi connectivity index (χ0n) is 14.7. The highest BCUT2D eigenvalue weighted by Gasteiger charge is 2.46. The Kier molecular flexibility index (Phi) is 4.81. The van der Waals surface area contributed by atoms with Gasteiger partial charge in [-0.25, -0.2) is 0 Å². The van der Waals surface area contributed by atoms with Gasteiger partial charge in [0.15, 0.2) is 5.17 Å². The van der Waals surface area contributed by atoms with Crippen molar-refractivity contribution in [2.45, 2.75) is 38.0 Å². The molecule has 0 amide bonds. The van der Waals surface area contributed by atoms with Crippen molar-refractivity contribution < 1.29 is 4.74 Å². The van der Waals surface area contributed by atoms with E-state index in [1.165, 1.54) is 10.9 Å². The maximum absolute atomic E-state index is 5.29. The minimum Gasteiger partial charge on any atom is -0.383 e. The van der Waals surface area contributed by atoms with Gasteiger partial charge in [0, 0.05) is 43.5 Å². The highest BCUT2D eigenvalue weighted by molar-refractivity contribution is 8.14. The van der Waals surface area contributed by atoms with E-state index in [9.17, 15) is 0 Å². The summed E-state index contributed by atoms with van der Waals surface area (Å²) in [5.74, 6) is 1.12. The summed E-state index contributed by atoms with van der Waals surface area (Å²) in [6.07, 6.45) is 5.15. The Morgan fingerprint density at radius 2 is 2.20 bits per heavy atom. The summed E-state index contributed by atoms with van der Waals surface area (Å²) in [4.78, 5) is 12.2. The van der Waals surface area contributed by atoms with E-state index in [-0.39, 0.29) is 12.1 Å². The molecule has 25 heavy (non-hydrogen) atoms. The second-order valence-electron chi connectivity index (χ2n) is 6.46. The lowest BCUT2D eigenvalue weighted by Crippen LogP contribution is -2.36. The monoisotopic (exact) mass is 356 g/mol. The van der Waals surface area contributed by atoms with E-state index >= 15 is 0 Å². The molecule has 0 spiro atoms. The largest absolute Gasteiger partial charge is 0.383 e. The molecule has 2 aliphatic rings. The topological polar surface area (TPSA) is 42.6 Å². The van der Waals surface area contributed by atoms with Gasteiger partial charge in [-0.15, -0.1) is 0 Å². The fraction of sp³-hybridized carbons (Fsp3) is 0.474. The molecule has 5 nitrogen and oxygen atoms in total. The third kappa shape index (κ3) is 2.98. The summed E-state index contributed by atoms with van der Waals surface area (Å²) >= 11 is 1.88. The third-order valence-corrected chi connectivity index (χ3v) is 6.16. The van der Waals surface area contributed by atoms with Crippen LogP contribution in [0.15, 0.2) is 47.7 Å². The van der Waals surface area contributed by atoms with Gasteiger partial charge in [0.25, 0.3) is 0 Å². The first kappa shape index (κ1) is 16.7. The van der Waals surface area contributed by atoms with Gasteiger partial charge in [0.2, 0.25) is 0 Å². The fourth-order valence-corrected chi connectivity index (χ4v) is 5.10. The van der Waals surface area contributed by atoms with Crippen LogP contribution < -0.4 is 0 Å². The number of methoxy groups -OCH3 is 1. The van der Waals surface area contributed by atoms with E-state index in [0.717, 1.165) is 24.4 Å². The molecule has 4 heterocycles. The van der Waals surface area contributed by atoms with Crippen LogP contribution in [0.2, 0.25) is 0 Å². The first-order chi connectivity index (χ1) is 12.3. The Balaban J connectivity index is 1.74. The number of hydrogen-bond acceptors (Lipinski definition) is 5.